The lowest BCUT2D eigenvalue weighted by atomic mass is 10.0. The van der Waals surface area contributed by atoms with Crippen LogP contribution in [-0.2, 0) is 0 Å². The average Bonchev–Trinajstić information content (AvgIpc) is 3.20. The van der Waals surface area contributed by atoms with Gasteiger partial charge in [0.2, 0.25) is 0 Å². The molecule has 0 saturated heterocycles. The normalized spacial score (nSPS) is 11.4. The van der Waals surface area contributed by atoms with Crippen LogP contribution in [0.4, 0.5) is 11.6 Å². The number of tetrazole rings is 1. The Hall–Kier alpha value is -4.26. The molecule has 1 aromatic heterocycles. The Bertz CT molecular complexity index is 1350. The van der Waals surface area contributed by atoms with E-state index in [9.17, 15) is 5.11 Å². The van der Waals surface area contributed by atoms with Crippen LogP contribution in [0.1, 0.15) is 5.56 Å². The van der Waals surface area contributed by atoms with E-state index >= 15 is 0 Å². The molecule has 5 aromatic rings. The van der Waals surface area contributed by atoms with Crippen molar-refractivity contribution in [3.8, 4) is 5.75 Å². The molecule has 7 nitrogen and oxygen atoms in total. The van der Waals surface area contributed by atoms with E-state index in [4.69, 9.17) is 0 Å². The van der Waals surface area contributed by atoms with Gasteiger partial charge in [-0.15, -0.1) is 0 Å². The lowest BCUT2D eigenvalue weighted by molar-refractivity contribution is 0.475. The van der Waals surface area contributed by atoms with Gasteiger partial charge in [0.15, 0.2) is 0 Å². The van der Waals surface area contributed by atoms with Crippen molar-refractivity contribution in [1.82, 2.24) is 20.3 Å². The topological polar surface area (TPSA) is 88.2 Å². The van der Waals surface area contributed by atoms with E-state index in [1.165, 1.54) is 4.79 Å². The monoisotopic (exact) mass is 380 g/mol. The van der Waals surface area contributed by atoms with Crippen molar-refractivity contribution in [2.45, 2.75) is 0 Å². The molecule has 0 aliphatic carbocycles. The molecule has 140 valence electrons. The summed E-state index contributed by atoms with van der Waals surface area (Å²) in [5, 5.41) is 33.6. The number of phenols is 1. The summed E-state index contributed by atoms with van der Waals surface area (Å²) in [5.41, 5.74) is 1.48. The number of fused-ring (bicyclic) bond motifs is 2. The van der Waals surface area contributed by atoms with Crippen molar-refractivity contribution in [1.29, 1.82) is 0 Å². The van der Waals surface area contributed by atoms with Gasteiger partial charge in [0.25, 0.3) is 5.95 Å². The van der Waals surface area contributed by atoms with Crippen LogP contribution in [0.25, 0.3) is 21.5 Å². The number of hydrogen-bond acceptors (Lipinski definition) is 6. The minimum absolute atomic E-state index is 0.143. The molecule has 0 unspecified atom stereocenters. The number of nitrogens with one attached hydrogen (secondary N) is 1. The average molecular weight is 380 g/mol. The molecule has 0 radical (unpaired) electrons. The molecule has 0 spiro atoms. The summed E-state index contributed by atoms with van der Waals surface area (Å²) in [6.07, 6.45) is 1.56. The first-order chi connectivity index (χ1) is 14.3. The summed E-state index contributed by atoms with van der Waals surface area (Å²) in [6.45, 7) is 0. The number of aromatic nitrogens is 4. The zero-order valence-electron chi connectivity index (χ0n) is 15.3. The van der Waals surface area contributed by atoms with E-state index < -0.39 is 0 Å². The highest BCUT2D eigenvalue weighted by Gasteiger charge is 2.09. The third-order valence-electron chi connectivity index (χ3n) is 4.73. The predicted octanol–water partition coefficient (Wildman–Crippen LogP) is 4.31. The van der Waals surface area contributed by atoms with Crippen molar-refractivity contribution in [3.05, 3.63) is 84.4 Å². The van der Waals surface area contributed by atoms with Crippen LogP contribution in [0, 0.1) is 0 Å². The second kappa shape index (κ2) is 7.05. The van der Waals surface area contributed by atoms with Gasteiger partial charge >= 0.3 is 0 Å². The standard InChI is InChI=1S/C22H16N6O/c29-21-13-12-16-7-1-3-9-17(16)19(21)14-23-28-22(25-26-27-28)24-20-11-5-8-15-6-2-4-10-18(15)20/h1-14,29H,(H,24,25,27). The van der Waals surface area contributed by atoms with Crippen LogP contribution in [0.5, 0.6) is 5.75 Å². The van der Waals surface area contributed by atoms with E-state index in [1.54, 1.807) is 12.3 Å². The lowest BCUT2D eigenvalue weighted by Crippen LogP contribution is -2.02. The maximum absolute atomic E-state index is 10.3. The minimum atomic E-state index is 0.143. The van der Waals surface area contributed by atoms with Gasteiger partial charge in [-0.25, -0.2) is 0 Å². The number of nitrogens with zero attached hydrogens (tertiary/aromatic N) is 5. The molecule has 0 fully saturated rings. The minimum Gasteiger partial charge on any atom is -0.507 e. The van der Waals surface area contributed by atoms with Crippen molar-refractivity contribution in [3.63, 3.8) is 0 Å². The third kappa shape index (κ3) is 3.14. The second-order valence-corrected chi connectivity index (χ2v) is 6.51. The first-order valence-electron chi connectivity index (χ1n) is 9.08. The number of rotatable bonds is 4. The van der Waals surface area contributed by atoms with Crippen molar-refractivity contribution < 1.29 is 5.11 Å². The summed E-state index contributed by atoms with van der Waals surface area (Å²) in [6, 6.07) is 25.3. The Morgan fingerprint density at radius 2 is 1.55 bits per heavy atom. The fourth-order valence-electron chi connectivity index (χ4n) is 3.32. The molecule has 1 heterocycles. The van der Waals surface area contributed by atoms with Gasteiger partial charge in [0, 0.05) is 16.6 Å². The molecule has 0 aliphatic rings. The molecular weight excluding hydrogens is 364 g/mol. The molecule has 7 heteroatoms. The molecule has 0 amide bonds. The highest BCUT2D eigenvalue weighted by Crippen LogP contribution is 2.27. The van der Waals surface area contributed by atoms with Gasteiger partial charge in [-0.2, -0.15) is 5.10 Å². The van der Waals surface area contributed by atoms with Crippen molar-refractivity contribution in [2.75, 3.05) is 5.32 Å². The molecule has 4 aromatic carbocycles. The van der Waals surface area contributed by atoms with Gasteiger partial charge in [-0.1, -0.05) is 76.6 Å². The first-order valence-corrected chi connectivity index (χ1v) is 9.08. The van der Waals surface area contributed by atoms with Crippen LogP contribution >= 0.6 is 0 Å². The molecule has 29 heavy (non-hydrogen) atoms. The fourth-order valence-corrected chi connectivity index (χ4v) is 3.32. The number of benzene rings is 4. The SMILES string of the molecule is Oc1ccc2ccccc2c1C=Nn1nnnc1Nc1cccc2ccccc12. The quantitative estimate of drug-likeness (QED) is 0.454. The molecule has 0 atom stereocenters. The summed E-state index contributed by atoms with van der Waals surface area (Å²) in [4.78, 5) is 1.29. The summed E-state index contributed by atoms with van der Waals surface area (Å²) >= 11 is 0. The van der Waals surface area contributed by atoms with Crippen molar-refractivity contribution in [2.24, 2.45) is 5.10 Å². The van der Waals surface area contributed by atoms with E-state index in [2.05, 4.69) is 25.9 Å². The Kier molecular flexibility index (Phi) is 4.10. The molecule has 5 rings (SSSR count). The van der Waals surface area contributed by atoms with Crippen LogP contribution in [0.2, 0.25) is 0 Å². The maximum atomic E-state index is 10.3. The summed E-state index contributed by atoms with van der Waals surface area (Å²) in [5.74, 6) is 0.515. The zero-order valence-corrected chi connectivity index (χ0v) is 15.3. The Morgan fingerprint density at radius 1 is 0.828 bits per heavy atom. The van der Waals surface area contributed by atoms with E-state index in [1.807, 2.05) is 72.8 Å². The largest absolute Gasteiger partial charge is 0.507 e. The number of hydrogen-bond donors (Lipinski definition) is 2. The molecular formula is C22H16N6O. The number of anilines is 2. The van der Waals surface area contributed by atoms with Crippen LogP contribution < -0.4 is 5.32 Å². The number of phenolic OH excluding ortho intramolecular Hbond substituents is 1. The predicted molar refractivity (Wildman–Crippen MR) is 114 cm³/mol. The molecule has 0 bridgehead atoms. The van der Waals surface area contributed by atoms with Crippen LogP contribution in [-0.4, -0.2) is 31.6 Å². The van der Waals surface area contributed by atoms with E-state index in [-0.39, 0.29) is 5.75 Å². The van der Waals surface area contributed by atoms with Gasteiger partial charge in [0.1, 0.15) is 5.75 Å². The third-order valence-corrected chi connectivity index (χ3v) is 4.73. The molecule has 0 aliphatic heterocycles. The highest BCUT2D eigenvalue weighted by atomic mass is 16.3. The van der Waals surface area contributed by atoms with Gasteiger partial charge < -0.3 is 10.4 Å². The lowest BCUT2D eigenvalue weighted by Gasteiger charge is -2.08. The van der Waals surface area contributed by atoms with Crippen molar-refractivity contribution >= 4 is 39.4 Å². The zero-order chi connectivity index (χ0) is 19.6. The smallest absolute Gasteiger partial charge is 0.269 e. The van der Waals surface area contributed by atoms with Gasteiger partial charge in [-0.3, -0.25) is 0 Å². The second-order valence-electron chi connectivity index (χ2n) is 6.51. The highest BCUT2D eigenvalue weighted by molar-refractivity contribution is 6.02. The van der Waals surface area contributed by atoms with Gasteiger partial charge in [0.05, 0.1) is 6.21 Å². The van der Waals surface area contributed by atoms with Crippen LogP contribution in [0.15, 0.2) is 84.0 Å². The Morgan fingerprint density at radius 3 is 2.41 bits per heavy atom. The summed E-state index contributed by atoms with van der Waals surface area (Å²) in [7, 11) is 0. The van der Waals surface area contributed by atoms with E-state index in [0.717, 1.165) is 27.2 Å². The van der Waals surface area contributed by atoms with E-state index in [0.29, 0.717) is 11.5 Å². The first kappa shape index (κ1) is 16.9. The van der Waals surface area contributed by atoms with Gasteiger partial charge in [-0.05, 0) is 38.7 Å². The summed E-state index contributed by atoms with van der Waals surface area (Å²) < 4.78 is 0. The Labute approximate surface area is 165 Å². The molecule has 2 N–H and O–H groups in total. The Balaban J connectivity index is 1.51. The maximum Gasteiger partial charge on any atom is 0.269 e. The fraction of sp³-hybridized carbons (Fsp3) is 0. The van der Waals surface area contributed by atoms with Crippen LogP contribution in [0.3, 0.4) is 0 Å². The number of aromatic hydroxyl groups is 1. The molecule has 0 saturated carbocycles.